The van der Waals surface area contributed by atoms with Gasteiger partial charge in [0.05, 0.1) is 0 Å². The van der Waals surface area contributed by atoms with Crippen LogP contribution < -0.4 is 10.1 Å². The molecule has 0 bridgehead atoms. The van der Waals surface area contributed by atoms with Crippen molar-refractivity contribution >= 4 is 0 Å². The van der Waals surface area contributed by atoms with E-state index in [1.54, 1.807) is 0 Å². The maximum atomic E-state index is 14.0. The van der Waals surface area contributed by atoms with Gasteiger partial charge in [-0.15, -0.1) is 13.2 Å². The molecule has 0 aliphatic carbocycles. The molecule has 0 radical (unpaired) electrons. The van der Waals surface area contributed by atoms with Gasteiger partial charge in [0.25, 0.3) is 0 Å². The maximum Gasteiger partial charge on any atom is 0.573 e. The van der Waals surface area contributed by atoms with Crippen LogP contribution in [-0.4, -0.2) is 37.4 Å². The Kier molecular flexibility index (Phi) is 5.05. The fourth-order valence-corrected chi connectivity index (χ4v) is 2.64. The molecule has 1 aromatic rings. The zero-order chi connectivity index (χ0) is 15.5. The molecule has 21 heavy (non-hydrogen) atoms. The molecule has 1 aromatic carbocycles. The normalized spacial score (nSPS) is 18.5. The summed E-state index contributed by atoms with van der Waals surface area (Å²) < 4.78 is 54.7. The summed E-state index contributed by atoms with van der Waals surface area (Å²) in [6, 6.07) is 2.93. The fraction of sp³-hybridized carbons (Fsp3) is 0.571. The van der Waals surface area contributed by atoms with Crippen molar-refractivity contribution in [1.82, 2.24) is 10.2 Å². The molecule has 1 heterocycles. The third-order valence-electron chi connectivity index (χ3n) is 3.54. The van der Waals surface area contributed by atoms with Gasteiger partial charge in [0, 0.05) is 37.8 Å². The number of nitrogens with one attached hydrogen (secondary N) is 1. The summed E-state index contributed by atoms with van der Waals surface area (Å²) >= 11 is 0. The van der Waals surface area contributed by atoms with Crippen LogP contribution in [0.3, 0.4) is 0 Å². The zero-order valence-corrected chi connectivity index (χ0v) is 11.7. The van der Waals surface area contributed by atoms with Crippen molar-refractivity contribution < 1.29 is 22.3 Å². The number of piperazine rings is 1. The number of rotatable bonds is 4. The van der Waals surface area contributed by atoms with Crippen molar-refractivity contribution in [2.24, 2.45) is 0 Å². The second-order valence-electron chi connectivity index (χ2n) is 4.94. The first-order valence-electron chi connectivity index (χ1n) is 6.90. The summed E-state index contributed by atoms with van der Waals surface area (Å²) in [7, 11) is 0. The van der Waals surface area contributed by atoms with Gasteiger partial charge in [0.1, 0.15) is 11.6 Å². The predicted molar refractivity (Wildman–Crippen MR) is 70.6 cm³/mol. The number of ether oxygens (including phenoxy) is 1. The number of benzene rings is 1. The Morgan fingerprint density at radius 2 is 1.95 bits per heavy atom. The Labute approximate surface area is 120 Å². The average Bonchev–Trinajstić information content (AvgIpc) is 2.43. The van der Waals surface area contributed by atoms with Crippen LogP contribution in [0.15, 0.2) is 18.2 Å². The molecule has 1 fully saturated rings. The highest BCUT2D eigenvalue weighted by molar-refractivity contribution is 5.32. The van der Waals surface area contributed by atoms with Crippen LogP contribution in [0.2, 0.25) is 0 Å². The largest absolute Gasteiger partial charge is 0.573 e. The van der Waals surface area contributed by atoms with Crippen LogP contribution in [0, 0.1) is 5.82 Å². The van der Waals surface area contributed by atoms with Crippen molar-refractivity contribution in [3.63, 3.8) is 0 Å². The van der Waals surface area contributed by atoms with Crippen LogP contribution in [0.4, 0.5) is 17.6 Å². The van der Waals surface area contributed by atoms with Gasteiger partial charge in [-0.05, 0) is 24.6 Å². The lowest BCUT2D eigenvalue weighted by Crippen LogP contribution is -2.45. The van der Waals surface area contributed by atoms with Crippen LogP contribution in [-0.2, 0) is 0 Å². The highest BCUT2D eigenvalue weighted by atomic mass is 19.4. The first-order valence-corrected chi connectivity index (χ1v) is 6.90. The molecule has 1 N–H and O–H groups in total. The van der Waals surface area contributed by atoms with E-state index in [2.05, 4.69) is 15.0 Å². The molecule has 1 aliphatic heterocycles. The van der Waals surface area contributed by atoms with E-state index in [1.165, 1.54) is 0 Å². The zero-order valence-electron chi connectivity index (χ0n) is 11.7. The van der Waals surface area contributed by atoms with Gasteiger partial charge in [-0.25, -0.2) is 4.39 Å². The quantitative estimate of drug-likeness (QED) is 0.865. The lowest BCUT2D eigenvalue weighted by Gasteiger charge is -2.35. The van der Waals surface area contributed by atoms with Gasteiger partial charge >= 0.3 is 6.36 Å². The van der Waals surface area contributed by atoms with Crippen LogP contribution >= 0.6 is 0 Å². The molecule has 1 aliphatic rings. The minimum absolute atomic E-state index is 0.246. The van der Waals surface area contributed by atoms with Gasteiger partial charge < -0.3 is 10.1 Å². The lowest BCUT2D eigenvalue weighted by molar-refractivity contribution is -0.274. The topological polar surface area (TPSA) is 24.5 Å². The Hall–Kier alpha value is -1.34. The Morgan fingerprint density at radius 3 is 2.52 bits per heavy atom. The van der Waals surface area contributed by atoms with Crippen molar-refractivity contribution in [3.8, 4) is 5.75 Å². The second-order valence-corrected chi connectivity index (χ2v) is 4.94. The van der Waals surface area contributed by atoms with Crippen LogP contribution in [0.5, 0.6) is 5.75 Å². The number of halogens is 4. The number of nitrogens with zero attached hydrogens (tertiary/aromatic N) is 1. The van der Waals surface area contributed by atoms with E-state index in [9.17, 15) is 17.6 Å². The fourth-order valence-electron chi connectivity index (χ4n) is 2.64. The third kappa shape index (κ3) is 4.31. The van der Waals surface area contributed by atoms with Crippen molar-refractivity contribution in [2.45, 2.75) is 25.7 Å². The Bertz CT molecular complexity index is 473. The van der Waals surface area contributed by atoms with Crippen LogP contribution in [0.25, 0.3) is 0 Å². The van der Waals surface area contributed by atoms with E-state index < -0.39 is 12.2 Å². The minimum Gasteiger partial charge on any atom is -0.406 e. The van der Waals surface area contributed by atoms with E-state index in [4.69, 9.17) is 0 Å². The molecule has 2 rings (SSSR count). The summed E-state index contributed by atoms with van der Waals surface area (Å²) in [4.78, 5) is 2.08. The molecule has 118 valence electrons. The molecule has 1 atom stereocenters. The van der Waals surface area contributed by atoms with Crippen molar-refractivity contribution in [2.75, 3.05) is 26.2 Å². The van der Waals surface area contributed by atoms with E-state index in [-0.39, 0.29) is 17.4 Å². The number of hydrogen-bond acceptors (Lipinski definition) is 3. The van der Waals surface area contributed by atoms with Gasteiger partial charge in [-0.2, -0.15) is 0 Å². The van der Waals surface area contributed by atoms with Crippen molar-refractivity contribution in [1.29, 1.82) is 0 Å². The molecular weight excluding hydrogens is 288 g/mol. The molecule has 0 aromatic heterocycles. The molecule has 3 nitrogen and oxygen atoms in total. The highest BCUT2D eigenvalue weighted by Crippen LogP contribution is 2.31. The van der Waals surface area contributed by atoms with E-state index in [0.717, 1.165) is 44.4 Å². The van der Waals surface area contributed by atoms with Gasteiger partial charge in [-0.3, -0.25) is 4.90 Å². The standard InChI is InChI=1S/C14H18F4N2O/c1-2-13(20-7-5-19-6-8-20)11-9-10(3-4-12(11)15)21-14(16,17)18/h3-4,9,13,19H,2,5-8H2,1H3/t13-/m1/s1. The molecule has 7 heteroatoms. The van der Waals surface area contributed by atoms with E-state index in [1.807, 2.05) is 6.92 Å². The highest BCUT2D eigenvalue weighted by Gasteiger charge is 2.32. The van der Waals surface area contributed by atoms with Gasteiger partial charge in [0.15, 0.2) is 0 Å². The van der Waals surface area contributed by atoms with Crippen LogP contribution in [0.1, 0.15) is 24.9 Å². The lowest BCUT2D eigenvalue weighted by atomic mass is 10.0. The molecular formula is C14H18F4N2O. The summed E-state index contributed by atoms with van der Waals surface area (Å²) in [5.41, 5.74) is 0.251. The van der Waals surface area contributed by atoms with Gasteiger partial charge in [0.2, 0.25) is 0 Å². The molecule has 0 unspecified atom stereocenters. The SMILES string of the molecule is CC[C@H](c1cc(OC(F)(F)F)ccc1F)N1CCNCC1. The van der Waals surface area contributed by atoms with Crippen molar-refractivity contribution in [3.05, 3.63) is 29.6 Å². The Balaban J connectivity index is 2.24. The maximum absolute atomic E-state index is 14.0. The minimum atomic E-state index is -4.77. The summed E-state index contributed by atoms with van der Waals surface area (Å²) in [6.45, 7) is 4.95. The first-order chi connectivity index (χ1) is 9.90. The molecule has 0 amide bonds. The Morgan fingerprint density at radius 1 is 1.29 bits per heavy atom. The summed E-state index contributed by atoms with van der Waals surface area (Å²) in [5.74, 6) is -0.887. The summed E-state index contributed by atoms with van der Waals surface area (Å²) in [5, 5.41) is 3.19. The smallest absolute Gasteiger partial charge is 0.406 e. The first kappa shape index (κ1) is 16.0. The monoisotopic (exact) mass is 306 g/mol. The average molecular weight is 306 g/mol. The molecule has 0 saturated carbocycles. The number of alkyl halides is 3. The molecule has 0 spiro atoms. The van der Waals surface area contributed by atoms with E-state index in [0.29, 0.717) is 6.42 Å². The van der Waals surface area contributed by atoms with Gasteiger partial charge in [-0.1, -0.05) is 6.92 Å². The van der Waals surface area contributed by atoms with E-state index >= 15 is 0 Å². The second kappa shape index (κ2) is 6.62. The third-order valence-corrected chi connectivity index (χ3v) is 3.54. The summed E-state index contributed by atoms with van der Waals surface area (Å²) in [6.07, 6.45) is -4.15. The predicted octanol–water partition coefficient (Wildman–Crippen LogP) is 3.08. The molecule has 1 saturated heterocycles. The number of hydrogen-bond donors (Lipinski definition) is 1.